The zero-order valence-electron chi connectivity index (χ0n) is 10.2. The smallest absolute Gasteiger partial charge is 0.280 e. The Labute approximate surface area is 109 Å². The molecule has 3 aromatic rings. The van der Waals surface area contributed by atoms with Gasteiger partial charge in [0.2, 0.25) is 0 Å². The van der Waals surface area contributed by atoms with Crippen LogP contribution in [0.15, 0.2) is 59.4 Å². The monoisotopic (exact) mass is 252 g/mol. The van der Waals surface area contributed by atoms with Crippen molar-refractivity contribution in [1.82, 2.24) is 9.55 Å². The van der Waals surface area contributed by atoms with Crippen molar-refractivity contribution in [2.45, 2.75) is 6.61 Å². The fourth-order valence-corrected chi connectivity index (χ4v) is 2.19. The van der Waals surface area contributed by atoms with Crippen LogP contribution in [0.5, 0.6) is 0 Å². The van der Waals surface area contributed by atoms with Crippen molar-refractivity contribution >= 4 is 10.9 Å². The summed E-state index contributed by atoms with van der Waals surface area (Å²) >= 11 is 0. The molecule has 0 saturated carbocycles. The van der Waals surface area contributed by atoms with E-state index in [0.29, 0.717) is 11.2 Å². The van der Waals surface area contributed by atoms with Crippen LogP contribution >= 0.6 is 0 Å². The number of aromatic nitrogens is 2. The minimum absolute atomic E-state index is 0.283. The second kappa shape index (κ2) is 4.66. The largest absolute Gasteiger partial charge is 0.388 e. The molecule has 1 aromatic heterocycles. The van der Waals surface area contributed by atoms with Gasteiger partial charge in [-0.05, 0) is 24.3 Å². The van der Waals surface area contributed by atoms with Crippen LogP contribution in [0.4, 0.5) is 0 Å². The second-order valence-electron chi connectivity index (χ2n) is 4.18. The SMILES string of the molecule is O=c1nc(CO)n(-c2ccccc2)c2ccccc12. The number of aliphatic hydroxyl groups is 1. The maximum atomic E-state index is 11.9. The van der Waals surface area contributed by atoms with Crippen molar-refractivity contribution in [2.75, 3.05) is 0 Å². The Hall–Kier alpha value is -2.46. The van der Waals surface area contributed by atoms with Crippen LogP contribution in [0.2, 0.25) is 0 Å². The van der Waals surface area contributed by atoms with Gasteiger partial charge in [-0.3, -0.25) is 9.36 Å². The molecular formula is C15H12N2O2. The van der Waals surface area contributed by atoms with Gasteiger partial charge in [0, 0.05) is 5.69 Å². The van der Waals surface area contributed by atoms with Crippen molar-refractivity contribution in [3.05, 3.63) is 70.8 Å². The van der Waals surface area contributed by atoms with Crippen LogP contribution in [-0.2, 0) is 6.61 Å². The lowest BCUT2D eigenvalue weighted by Gasteiger charge is -2.14. The Morgan fingerprint density at radius 1 is 1.00 bits per heavy atom. The molecule has 1 N–H and O–H groups in total. The van der Waals surface area contributed by atoms with E-state index < -0.39 is 0 Å². The van der Waals surface area contributed by atoms with Gasteiger partial charge in [-0.25, -0.2) is 0 Å². The first-order valence-corrected chi connectivity index (χ1v) is 5.98. The zero-order valence-corrected chi connectivity index (χ0v) is 10.2. The first kappa shape index (κ1) is 11.6. The van der Waals surface area contributed by atoms with Crippen molar-refractivity contribution < 1.29 is 5.11 Å². The number of benzene rings is 2. The Morgan fingerprint density at radius 3 is 2.42 bits per heavy atom. The molecule has 2 aromatic carbocycles. The normalized spacial score (nSPS) is 10.8. The summed E-state index contributed by atoms with van der Waals surface area (Å²) in [6.07, 6.45) is 0. The summed E-state index contributed by atoms with van der Waals surface area (Å²) < 4.78 is 1.80. The molecule has 1 heterocycles. The molecule has 0 amide bonds. The molecule has 0 aliphatic rings. The third-order valence-corrected chi connectivity index (χ3v) is 3.02. The van der Waals surface area contributed by atoms with Crippen LogP contribution in [-0.4, -0.2) is 14.7 Å². The van der Waals surface area contributed by atoms with Crippen molar-refractivity contribution in [3.8, 4) is 5.69 Å². The van der Waals surface area contributed by atoms with Crippen LogP contribution < -0.4 is 5.56 Å². The molecule has 0 saturated heterocycles. The molecule has 0 atom stereocenters. The van der Waals surface area contributed by atoms with Crippen LogP contribution in [0.3, 0.4) is 0 Å². The van der Waals surface area contributed by atoms with Crippen LogP contribution in [0, 0.1) is 0 Å². The highest BCUT2D eigenvalue weighted by Gasteiger charge is 2.10. The summed E-state index contributed by atoms with van der Waals surface area (Å²) in [7, 11) is 0. The number of nitrogens with zero attached hydrogens (tertiary/aromatic N) is 2. The second-order valence-corrected chi connectivity index (χ2v) is 4.18. The highest BCUT2D eigenvalue weighted by molar-refractivity contribution is 5.79. The lowest BCUT2D eigenvalue weighted by Crippen LogP contribution is -2.18. The number of hydrogen-bond acceptors (Lipinski definition) is 3. The van der Waals surface area contributed by atoms with E-state index in [0.717, 1.165) is 11.2 Å². The summed E-state index contributed by atoms with van der Waals surface area (Å²) in [4.78, 5) is 15.9. The lowest BCUT2D eigenvalue weighted by atomic mass is 10.2. The third-order valence-electron chi connectivity index (χ3n) is 3.02. The molecule has 4 heteroatoms. The molecule has 0 aliphatic carbocycles. The first-order chi connectivity index (χ1) is 9.31. The van der Waals surface area contributed by atoms with Gasteiger partial charge in [0.25, 0.3) is 5.56 Å². The highest BCUT2D eigenvalue weighted by atomic mass is 16.3. The third kappa shape index (κ3) is 1.92. The Balaban J connectivity index is 2.46. The lowest BCUT2D eigenvalue weighted by molar-refractivity contribution is 0.268. The minimum Gasteiger partial charge on any atom is -0.388 e. The van der Waals surface area contributed by atoms with Gasteiger partial charge in [0.05, 0.1) is 10.9 Å². The number of rotatable bonds is 2. The standard InChI is InChI=1S/C15H12N2O2/c18-10-14-16-15(19)12-8-4-5-9-13(12)17(14)11-6-2-1-3-7-11/h1-9,18H,10H2. The molecule has 0 fully saturated rings. The molecular weight excluding hydrogens is 240 g/mol. The molecule has 0 bridgehead atoms. The average Bonchev–Trinajstić information content (AvgIpc) is 2.48. The quantitative estimate of drug-likeness (QED) is 0.757. The van der Waals surface area contributed by atoms with Gasteiger partial charge in [-0.15, -0.1) is 0 Å². The van der Waals surface area contributed by atoms with E-state index in [9.17, 15) is 9.90 Å². The highest BCUT2D eigenvalue weighted by Crippen LogP contribution is 2.17. The molecule has 0 spiro atoms. The Bertz CT molecular complexity index is 779. The van der Waals surface area contributed by atoms with Gasteiger partial charge in [0.1, 0.15) is 12.4 Å². The number of hydrogen-bond donors (Lipinski definition) is 1. The fraction of sp³-hybridized carbons (Fsp3) is 0.0667. The maximum absolute atomic E-state index is 11.9. The van der Waals surface area contributed by atoms with Crippen molar-refractivity contribution in [1.29, 1.82) is 0 Å². The number of para-hydroxylation sites is 2. The van der Waals surface area contributed by atoms with Gasteiger partial charge in [0.15, 0.2) is 0 Å². The van der Waals surface area contributed by atoms with E-state index in [1.165, 1.54) is 0 Å². The minimum atomic E-state index is -0.313. The van der Waals surface area contributed by atoms with Gasteiger partial charge in [-0.2, -0.15) is 4.98 Å². The number of aliphatic hydroxyl groups excluding tert-OH is 1. The predicted molar refractivity (Wildman–Crippen MR) is 73.3 cm³/mol. The topological polar surface area (TPSA) is 55.1 Å². The first-order valence-electron chi connectivity index (χ1n) is 5.98. The zero-order chi connectivity index (χ0) is 13.2. The van der Waals surface area contributed by atoms with E-state index in [2.05, 4.69) is 4.98 Å². The molecule has 0 radical (unpaired) electrons. The maximum Gasteiger partial charge on any atom is 0.280 e. The van der Waals surface area contributed by atoms with Gasteiger partial charge >= 0.3 is 0 Å². The van der Waals surface area contributed by atoms with Crippen LogP contribution in [0.25, 0.3) is 16.6 Å². The summed E-state index contributed by atoms with van der Waals surface area (Å²) in [5.74, 6) is 0.342. The summed E-state index contributed by atoms with van der Waals surface area (Å²) in [5.41, 5.74) is 1.31. The van der Waals surface area contributed by atoms with E-state index >= 15 is 0 Å². The molecule has 3 rings (SSSR count). The van der Waals surface area contributed by atoms with Gasteiger partial charge in [-0.1, -0.05) is 30.3 Å². The predicted octanol–water partition coefficient (Wildman–Crippen LogP) is 1.88. The molecule has 94 valence electrons. The Morgan fingerprint density at radius 2 is 1.68 bits per heavy atom. The van der Waals surface area contributed by atoms with Crippen molar-refractivity contribution in [2.24, 2.45) is 0 Å². The van der Waals surface area contributed by atoms with E-state index in [4.69, 9.17) is 0 Å². The van der Waals surface area contributed by atoms with E-state index in [1.807, 2.05) is 42.5 Å². The van der Waals surface area contributed by atoms with E-state index in [1.54, 1.807) is 16.7 Å². The Kier molecular flexibility index (Phi) is 2.85. The number of fused-ring (bicyclic) bond motifs is 1. The molecule has 0 aliphatic heterocycles. The molecule has 4 nitrogen and oxygen atoms in total. The van der Waals surface area contributed by atoms with Crippen molar-refractivity contribution in [3.63, 3.8) is 0 Å². The summed E-state index contributed by atoms with van der Waals surface area (Å²) in [6, 6.07) is 16.8. The fourth-order valence-electron chi connectivity index (χ4n) is 2.19. The summed E-state index contributed by atoms with van der Waals surface area (Å²) in [6.45, 7) is -0.283. The average molecular weight is 252 g/mol. The van der Waals surface area contributed by atoms with Crippen LogP contribution in [0.1, 0.15) is 5.82 Å². The van der Waals surface area contributed by atoms with E-state index in [-0.39, 0.29) is 12.2 Å². The summed E-state index contributed by atoms with van der Waals surface area (Å²) in [5, 5.41) is 9.99. The van der Waals surface area contributed by atoms with Gasteiger partial charge < -0.3 is 5.11 Å². The molecule has 19 heavy (non-hydrogen) atoms. The molecule has 0 unspecified atom stereocenters.